The average Bonchev–Trinajstić information content (AvgIpc) is 2.53. The van der Waals surface area contributed by atoms with Gasteiger partial charge in [0.15, 0.2) is 0 Å². The molecule has 1 fully saturated rings. The van der Waals surface area contributed by atoms with E-state index in [0.29, 0.717) is 6.07 Å². The fraction of sp³-hybridized carbons (Fsp3) is 0.429. The molecular weight excluding hydrogens is 379 g/mol. The van der Waals surface area contributed by atoms with E-state index >= 15 is 0 Å². The number of aliphatic hydroxyl groups is 1. The molecule has 4 N–H and O–H groups in total. The highest BCUT2D eigenvalue weighted by atomic mass is 19.4. The van der Waals surface area contributed by atoms with Crippen molar-refractivity contribution in [2.24, 2.45) is 5.92 Å². The van der Waals surface area contributed by atoms with Crippen molar-refractivity contribution in [1.82, 2.24) is 10.6 Å². The molecule has 10 nitrogen and oxygen atoms in total. The van der Waals surface area contributed by atoms with Crippen LogP contribution in [0.2, 0.25) is 0 Å². The third-order valence-electron chi connectivity index (χ3n) is 3.90. The molecule has 1 aliphatic rings. The Bertz CT molecular complexity index is 786. The first-order valence-electron chi connectivity index (χ1n) is 7.44. The standard InChI is InChI=1S/C14H14F3N3O7/c1-2-27-11(22)9-10(7-5-6(20(25)26)3-4-8(7)21)18-12(23)19-13(9,24)14(15,16)17/h3-5,9-10,21,24H,2H2,1H3,(H2,18,19,23)/t9-,10-,13+/m0/s1. The number of nitro groups is 1. The van der Waals surface area contributed by atoms with Gasteiger partial charge in [0.2, 0.25) is 0 Å². The Kier molecular flexibility index (Phi) is 5.17. The second-order valence-corrected chi connectivity index (χ2v) is 5.57. The summed E-state index contributed by atoms with van der Waals surface area (Å²) in [6, 6.07) is -1.10. The highest BCUT2D eigenvalue weighted by molar-refractivity contribution is 5.83. The largest absolute Gasteiger partial charge is 0.508 e. The number of hydrogen-bond donors (Lipinski definition) is 4. The quantitative estimate of drug-likeness (QED) is 0.339. The summed E-state index contributed by atoms with van der Waals surface area (Å²) in [6.07, 6.45) is -5.50. The zero-order chi connectivity index (χ0) is 20.6. The van der Waals surface area contributed by atoms with Gasteiger partial charge in [-0.2, -0.15) is 13.2 Å². The molecular formula is C14H14F3N3O7. The van der Waals surface area contributed by atoms with Gasteiger partial charge in [0.25, 0.3) is 11.4 Å². The normalized spacial score (nSPS) is 25.3. The first kappa shape index (κ1) is 20.2. The number of benzene rings is 1. The van der Waals surface area contributed by atoms with Crippen LogP contribution in [0.4, 0.5) is 23.7 Å². The number of non-ortho nitro benzene ring substituents is 1. The number of nitrogens with one attached hydrogen (secondary N) is 2. The maximum atomic E-state index is 13.5. The molecule has 1 saturated heterocycles. The van der Waals surface area contributed by atoms with Crippen LogP contribution in [-0.4, -0.2) is 45.6 Å². The Morgan fingerprint density at radius 1 is 1.44 bits per heavy atom. The van der Waals surface area contributed by atoms with Gasteiger partial charge in [0.05, 0.1) is 17.6 Å². The SMILES string of the molecule is CCOC(=O)[C@@H]1[C@H](c2cc([N+](=O)[O-])ccc2O)NC(=O)N[C@]1(O)C(F)(F)F. The zero-order valence-electron chi connectivity index (χ0n) is 13.6. The molecule has 0 aliphatic carbocycles. The molecule has 1 aromatic carbocycles. The number of amides is 2. The molecule has 0 bridgehead atoms. The van der Waals surface area contributed by atoms with E-state index in [-0.39, 0.29) is 6.61 Å². The van der Waals surface area contributed by atoms with E-state index in [0.717, 1.165) is 12.1 Å². The molecule has 2 rings (SSSR count). The van der Waals surface area contributed by atoms with Gasteiger partial charge in [0.1, 0.15) is 11.7 Å². The van der Waals surface area contributed by atoms with Crippen LogP contribution < -0.4 is 10.6 Å². The Morgan fingerprint density at radius 3 is 2.59 bits per heavy atom. The molecule has 148 valence electrons. The lowest BCUT2D eigenvalue weighted by Crippen LogP contribution is -2.73. The third kappa shape index (κ3) is 3.58. The van der Waals surface area contributed by atoms with E-state index in [1.807, 2.05) is 5.32 Å². The average molecular weight is 393 g/mol. The van der Waals surface area contributed by atoms with Crippen molar-refractivity contribution >= 4 is 17.7 Å². The number of nitro benzene ring substituents is 1. The van der Waals surface area contributed by atoms with Crippen molar-refractivity contribution in [2.45, 2.75) is 24.9 Å². The second-order valence-electron chi connectivity index (χ2n) is 5.57. The minimum Gasteiger partial charge on any atom is -0.508 e. The zero-order valence-corrected chi connectivity index (χ0v) is 13.6. The molecule has 0 radical (unpaired) electrons. The maximum Gasteiger partial charge on any atom is 0.437 e. The van der Waals surface area contributed by atoms with Crippen molar-refractivity contribution in [1.29, 1.82) is 0 Å². The predicted molar refractivity (Wildman–Crippen MR) is 80.3 cm³/mol. The Labute approximate surface area is 149 Å². The topological polar surface area (TPSA) is 151 Å². The van der Waals surface area contributed by atoms with Crippen LogP contribution in [0.25, 0.3) is 0 Å². The van der Waals surface area contributed by atoms with Gasteiger partial charge in [0, 0.05) is 17.7 Å². The molecule has 0 spiro atoms. The van der Waals surface area contributed by atoms with E-state index in [2.05, 4.69) is 4.74 Å². The predicted octanol–water partition coefficient (Wildman–Crippen LogP) is 1.08. The highest BCUT2D eigenvalue weighted by Crippen LogP contribution is 2.45. The van der Waals surface area contributed by atoms with Gasteiger partial charge < -0.3 is 25.6 Å². The van der Waals surface area contributed by atoms with Crippen LogP contribution in [0.15, 0.2) is 18.2 Å². The Morgan fingerprint density at radius 2 is 2.07 bits per heavy atom. The first-order valence-corrected chi connectivity index (χ1v) is 7.44. The lowest BCUT2D eigenvalue weighted by Gasteiger charge is -2.44. The number of phenols is 1. The molecule has 3 atom stereocenters. The van der Waals surface area contributed by atoms with Crippen LogP contribution in [0, 0.1) is 16.0 Å². The molecule has 0 saturated carbocycles. The van der Waals surface area contributed by atoms with Crippen molar-refractivity contribution in [2.75, 3.05) is 6.61 Å². The Hall–Kier alpha value is -3.09. The third-order valence-corrected chi connectivity index (χ3v) is 3.90. The number of esters is 1. The number of ether oxygens (including phenoxy) is 1. The van der Waals surface area contributed by atoms with Gasteiger partial charge in [-0.05, 0) is 13.0 Å². The summed E-state index contributed by atoms with van der Waals surface area (Å²) in [7, 11) is 0. The summed E-state index contributed by atoms with van der Waals surface area (Å²) in [6.45, 7) is 0.962. The van der Waals surface area contributed by atoms with Crippen LogP contribution in [0.3, 0.4) is 0 Å². The lowest BCUT2D eigenvalue weighted by molar-refractivity contribution is -0.385. The van der Waals surface area contributed by atoms with Gasteiger partial charge in [-0.1, -0.05) is 0 Å². The van der Waals surface area contributed by atoms with Crippen LogP contribution >= 0.6 is 0 Å². The number of urea groups is 1. The van der Waals surface area contributed by atoms with Gasteiger partial charge in [-0.15, -0.1) is 0 Å². The molecule has 1 heterocycles. The lowest BCUT2D eigenvalue weighted by atomic mass is 9.81. The van der Waals surface area contributed by atoms with Crippen LogP contribution in [-0.2, 0) is 9.53 Å². The van der Waals surface area contributed by atoms with E-state index in [1.54, 1.807) is 0 Å². The van der Waals surface area contributed by atoms with E-state index < -0.39 is 57.8 Å². The summed E-state index contributed by atoms with van der Waals surface area (Å²) in [5, 5.41) is 34.2. The number of phenolic OH excluding ortho intramolecular Hbond substituents is 1. The molecule has 0 aromatic heterocycles. The van der Waals surface area contributed by atoms with E-state index in [4.69, 9.17) is 0 Å². The number of halogens is 3. The number of hydrogen-bond acceptors (Lipinski definition) is 7. The van der Waals surface area contributed by atoms with Gasteiger partial charge >= 0.3 is 18.2 Å². The molecule has 13 heteroatoms. The summed E-state index contributed by atoms with van der Waals surface area (Å²) in [5.74, 6) is -4.77. The molecule has 1 aliphatic heterocycles. The number of alkyl halides is 3. The van der Waals surface area contributed by atoms with E-state index in [9.17, 15) is 43.1 Å². The van der Waals surface area contributed by atoms with Crippen LogP contribution in [0.5, 0.6) is 5.75 Å². The van der Waals surface area contributed by atoms with Gasteiger partial charge in [-0.3, -0.25) is 14.9 Å². The number of aromatic hydroxyl groups is 1. The Balaban J connectivity index is 2.68. The molecule has 1 aromatic rings. The van der Waals surface area contributed by atoms with Crippen LogP contribution in [0.1, 0.15) is 18.5 Å². The molecule has 0 unspecified atom stereocenters. The van der Waals surface area contributed by atoms with Crippen molar-refractivity contribution in [3.63, 3.8) is 0 Å². The summed E-state index contributed by atoms with van der Waals surface area (Å²) in [4.78, 5) is 33.9. The summed E-state index contributed by atoms with van der Waals surface area (Å²) >= 11 is 0. The number of carbonyl (C=O) groups is 2. The first-order chi connectivity index (χ1) is 12.4. The number of rotatable bonds is 4. The minimum atomic E-state index is -5.50. The maximum absolute atomic E-state index is 13.5. The summed E-state index contributed by atoms with van der Waals surface area (Å²) < 4.78 is 45.0. The minimum absolute atomic E-state index is 0.342. The number of nitrogens with zero attached hydrogens (tertiary/aromatic N) is 1. The number of carbonyl (C=O) groups excluding carboxylic acids is 2. The summed E-state index contributed by atoms with van der Waals surface area (Å²) in [5.41, 5.74) is -5.22. The van der Waals surface area contributed by atoms with E-state index in [1.165, 1.54) is 12.2 Å². The monoisotopic (exact) mass is 393 g/mol. The van der Waals surface area contributed by atoms with Crippen molar-refractivity contribution in [3.05, 3.63) is 33.9 Å². The molecule has 2 amide bonds. The second kappa shape index (κ2) is 6.90. The van der Waals surface area contributed by atoms with Crippen molar-refractivity contribution in [3.8, 4) is 5.75 Å². The fourth-order valence-corrected chi connectivity index (χ4v) is 2.70. The highest BCUT2D eigenvalue weighted by Gasteiger charge is 2.67. The van der Waals surface area contributed by atoms with Crippen molar-refractivity contribution < 1.29 is 42.6 Å². The smallest absolute Gasteiger partial charge is 0.437 e. The van der Waals surface area contributed by atoms with Gasteiger partial charge in [-0.25, -0.2) is 4.79 Å². The fourth-order valence-electron chi connectivity index (χ4n) is 2.70. The molecule has 27 heavy (non-hydrogen) atoms.